The predicted molar refractivity (Wildman–Crippen MR) is 68.4 cm³/mol. The van der Waals surface area contributed by atoms with Gasteiger partial charge in [-0.05, 0) is 19.1 Å². The highest BCUT2D eigenvalue weighted by Crippen LogP contribution is 2.08. The molecule has 0 aliphatic rings. The van der Waals surface area contributed by atoms with E-state index in [-0.39, 0.29) is 5.69 Å². The molecule has 0 spiro atoms. The minimum absolute atomic E-state index is 0.0639. The van der Waals surface area contributed by atoms with E-state index in [1.807, 2.05) is 35.9 Å². The first-order valence-corrected chi connectivity index (χ1v) is 7.26. The molecule has 0 aliphatic heterocycles. The highest BCUT2D eigenvalue weighted by molar-refractivity contribution is 7.89. The minimum Gasteiger partial charge on any atom is -0.266 e. The van der Waals surface area contributed by atoms with Gasteiger partial charge in [-0.15, -0.1) is 5.10 Å². The van der Waals surface area contributed by atoms with Gasteiger partial charge in [0.15, 0.2) is 5.69 Å². The van der Waals surface area contributed by atoms with E-state index in [2.05, 4.69) is 10.3 Å². The molecule has 0 radical (unpaired) electrons. The first-order chi connectivity index (χ1) is 8.85. The van der Waals surface area contributed by atoms with Gasteiger partial charge in [0, 0.05) is 0 Å². The summed E-state index contributed by atoms with van der Waals surface area (Å²) in [5.41, 5.74) is 1.77. The fourth-order valence-corrected chi connectivity index (χ4v) is 1.85. The molecule has 1 N–H and O–H groups in total. The van der Waals surface area contributed by atoms with Gasteiger partial charge in [-0.2, -0.15) is 0 Å². The standard InChI is InChI=1S/C11H12N4O3S/c1-8-3-5-9(6-4-8)15-7-10(12-14-15)11(16)13-19(2,17)18/h3-7H,1-2H3,(H,13,16). The largest absolute Gasteiger partial charge is 0.286 e. The van der Waals surface area contributed by atoms with E-state index >= 15 is 0 Å². The van der Waals surface area contributed by atoms with Gasteiger partial charge in [0.25, 0.3) is 5.91 Å². The summed E-state index contributed by atoms with van der Waals surface area (Å²) >= 11 is 0. The van der Waals surface area contributed by atoms with Crippen molar-refractivity contribution in [3.8, 4) is 5.69 Å². The van der Waals surface area contributed by atoms with Gasteiger partial charge in [0.2, 0.25) is 10.0 Å². The van der Waals surface area contributed by atoms with Crippen molar-refractivity contribution in [3.05, 3.63) is 41.7 Å². The van der Waals surface area contributed by atoms with Crippen molar-refractivity contribution in [1.82, 2.24) is 19.7 Å². The molecule has 0 bridgehead atoms. The molecule has 100 valence electrons. The average molecular weight is 280 g/mol. The zero-order valence-corrected chi connectivity index (χ0v) is 11.2. The van der Waals surface area contributed by atoms with Crippen LogP contribution in [0.5, 0.6) is 0 Å². The summed E-state index contributed by atoms with van der Waals surface area (Å²) in [5.74, 6) is -0.805. The summed E-state index contributed by atoms with van der Waals surface area (Å²) in [5, 5.41) is 7.41. The Labute approximate surface area is 110 Å². The van der Waals surface area contributed by atoms with Gasteiger partial charge in [0.1, 0.15) is 0 Å². The zero-order valence-electron chi connectivity index (χ0n) is 10.4. The molecule has 7 nitrogen and oxygen atoms in total. The molecule has 8 heteroatoms. The van der Waals surface area contributed by atoms with E-state index in [0.717, 1.165) is 17.5 Å². The maximum absolute atomic E-state index is 11.6. The van der Waals surface area contributed by atoms with Crippen molar-refractivity contribution >= 4 is 15.9 Å². The quantitative estimate of drug-likeness (QED) is 0.870. The smallest absolute Gasteiger partial charge is 0.266 e. The number of carbonyl (C=O) groups excluding carboxylic acids is 1. The number of rotatable bonds is 3. The molecule has 2 aromatic rings. The van der Waals surface area contributed by atoms with Crippen LogP contribution in [0.1, 0.15) is 16.1 Å². The Kier molecular flexibility index (Phi) is 3.34. The SMILES string of the molecule is Cc1ccc(-n2cc(C(=O)NS(C)(=O)=O)nn2)cc1. The second-order valence-electron chi connectivity index (χ2n) is 4.09. The van der Waals surface area contributed by atoms with Gasteiger partial charge in [-0.3, -0.25) is 4.79 Å². The number of nitrogens with zero attached hydrogens (tertiary/aromatic N) is 3. The van der Waals surface area contributed by atoms with Gasteiger partial charge < -0.3 is 0 Å². The highest BCUT2D eigenvalue weighted by Gasteiger charge is 2.15. The van der Waals surface area contributed by atoms with E-state index in [1.165, 1.54) is 10.9 Å². The van der Waals surface area contributed by atoms with Crippen LogP contribution in [0.4, 0.5) is 0 Å². The molecule has 2 rings (SSSR count). The number of nitrogens with one attached hydrogen (secondary N) is 1. The molecule has 0 saturated heterocycles. The third-order valence-electron chi connectivity index (χ3n) is 2.30. The number of benzene rings is 1. The predicted octanol–water partition coefficient (Wildman–Crippen LogP) is 0.265. The van der Waals surface area contributed by atoms with E-state index in [4.69, 9.17) is 0 Å². The molecule has 0 atom stereocenters. The van der Waals surface area contributed by atoms with Gasteiger partial charge in [-0.1, -0.05) is 22.9 Å². The Morgan fingerprint density at radius 3 is 2.47 bits per heavy atom. The molecular formula is C11H12N4O3S. The van der Waals surface area contributed by atoms with Gasteiger partial charge in [-0.25, -0.2) is 17.8 Å². The van der Waals surface area contributed by atoms with E-state index < -0.39 is 15.9 Å². The van der Waals surface area contributed by atoms with E-state index in [9.17, 15) is 13.2 Å². The van der Waals surface area contributed by atoms with Crippen LogP contribution in [0, 0.1) is 6.92 Å². The van der Waals surface area contributed by atoms with Crippen LogP contribution in [-0.2, 0) is 10.0 Å². The summed E-state index contributed by atoms with van der Waals surface area (Å²) in [6, 6.07) is 7.44. The topological polar surface area (TPSA) is 94.0 Å². The molecule has 0 aliphatic carbocycles. The van der Waals surface area contributed by atoms with Crippen molar-refractivity contribution in [2.45, 2.75) is 6.92 Å². The fraction of sp³-hybridized carbons (Fsp3) is 0.182. The minimum atomic E-state index is -3.61. The third kappa shape index (κ3) is 3.38. The average Bonchev–Trinajstić information content (AvgIpc) is 2.77. The summed E-state index contributed by atoms with van der Waals surface area (Å²) in [6.45, 7) is 1.95. The van der Waals surface area contributed by atoms with Crippen LogP contribution in [0.15, 0.2) is 30.5 Å². The van der Waals surface area contributed by atoms with Crippen molar-refractivity contribution in [2.75, 3.05) is 6.26 Å². The fourth-order valence-electron chi connectivity index (χ4n) is 1.41. The van der Waals surface area contributed by atoms with Crippen molar-refractivity contribution < 1.29 is 13.2 Å². The second-order valence-corrected chi connectivity index (χ2v) is 5.84. The number of aryl methyl sites for hydroxylation is 1. The van der Waals surface area contributed by atoms with Crippen LogP contribution in [0.25, 0.3) is 5.69 Å². The Morgan fingerprint density at radius 1 is 1.26 bits per heavy atom. The molecule has 1 heterocycles. The van der Waals surface area contributed by atoms with Gasteiger partial charge >= 0.3 is 0 Å². The molecule has 0 fully saturated rings. The highest BCUT2D eigenvalue weighted by atomic mass is 32.2. The number of amides is 1. The second kappa shape index (κ2) is 4.81. The lowest BCUT2D eigenvalue weighted by atomic mass is 10.2. The van der Waals surface area contributed by atoms with Crippen LogP contribution < -0.4 is 4.72 Å². The number of carbonyl (C=O) groups is 1. The van der Waals surface area contributed by atoms with Crippen LogP contribution in [0.2, 0.25) is 0 Å². The lowest BCUT2D eigenvalue weighted by molar-refractivity contribution is 0.0977. The molecule has 1 aromatic carbocycles. The number of hydrogen-bond donors (Lipinski definition) is 1. The summed E-state index contributed by atoms with van der Waals surface area (Å²) in [4.78, 5) is 11.6. The lowest BCUT2D eigenvalue weighted by Crippen LogP contribution is -2.29. The third-order valence-corrected chi connectivity index (χ3v) is 2.86. The summed E-state index contributed by atoms with van der Waals surface area (Å²) < 4.78 is 25.1. The molecule has 0 saturated carbocycles. The Hall–Kier alpha value is -2.22. The molecule has 1 amide bonds. The number of aromatic nitrogens is 3. The summed E-state index contributed by atoms with van der Waals surface area (Å²) in [7, 11) is -3.61. The van der Waals surface area contributed by atoms with Gasteiger partial charge in [0.05, 0.1) is 18.1 Å². The molecular weight excluding hydrogens is 268 g/mol. The lowest BCUT2D eigenvalue weighted by Gasteiger charge is -2.00. The molecule has 1 aromatic heterocycles. The van der Waals surface area contributed by atoms with Crippen molar-refractivity contribution in [1.29, 1.82) is 0 Å². The normalized spacial score (nSPS) is 11.3. The van der Waals surface area contributed by atoms with Crippen molar-refractivity contribution in [3.63, 3.8) is 0 Å². The Bertz CT molecular complexity index is 704. The van der Waals surface area contributed by atoms with Crippen LogP contribution >= 0.6 is 0 Å². The monoisotopic (exact) mass is 280 g/mol. The first kappa shape index (κ1) is 13.2. The van der Waals surface area contributed by atoms with E-state index in [1.54, 1.807) is 0 Å². The Balaban J connectivity index is 2.24. The first-order valence-electron chi connectivity index (χ1n) is 5.37. The Morgan fingerprint density at radius 2 is 1.89 bits per heavy atom. The van der Waals surface area contributed by atoms with Crippen LogP contribution in [0.3, 0.4) is 0 Å². The molecule has 19 heavy (non-hydrogen) atoms. The van der Waals surface area contributed by atoms with Crippen LogP contribution in [-0.4, -0.2) is 35.6 Å². The maximum atomic E-state index is 11.6. The summed E-state index contributed by atoms with van der Waals surface area (Å²) in [6.07, 6.45) is 2.26. The maximum Gasteiger partial charge on any atom is 0.286 e. The number of sulfonamides is 1. The number of hydrogen-bond acceptors (Lipinski definition) is 5. The van der Waals surface area contributed by atoms with E-state index in [0.29, 0.717) is 0 Å². The molecule has 0 unspecified atom stereocenters. The van der Waals surface area contributed by atoms with Crippen molar-refractivity contribution in [2.24, 2.45) is 0 Å². The zero-order chi connectivity index (χ0) is 14.0.